The lowest BCUT2D eigenvalue weighted by molar-refractivity contribution is -0.127. The third-order valence-electron chi connectivity index (χ3n) is 4.77. The lowest BCUT2D eigenvalue weighted by Crippen LogP contribution is -2.27. The topological polar surface area (TPSA) is 47.4 Å². The Morgan fingerprint density at radius 2 is 1.93 bits per heavy atom. The number of rotatable bonds is 7. The van der Waals surface area contributed by atoms with Crippen LogP contribution in [0.2, 0.25) is 0 Å². The number of hydrogen-bond donors (Lipinski definition) is 0. The number of aryl methyl sites for hydroxylation is 1. The first-order chi connectivity index (χ1) is 13.5. The molecular formula is C22H25N3O2S. The minimum absolute atomic E-state index is 0.0660. The van der Waals surface area contributed by atoms with Crippen LogP contribution in [0.15, 0.2) is 60.0 Å². The molecule has 3 rings (SSSR count). The highest BCUT2D eigenvalue weighted by Gasteiger charge is 2.14. The predicted molar refractivity (Wildman–Crippen MR) is 113 cm³/mol. The van der Waals surface area contributed by atoms with Crippen LogP contribution in [0.25, 0.3) is 5.69 Å². The largest absolute Gasteiger partial charge is 0.497 e. The molecule has 6 heteroatoms. The first-order valence-electron chi connectivity index (χ1n) is 9.09. The Morgan fingerprint density at radius 3 is 2.64 bits per heavy atom. The van der Waals surface area contributed by atoms with Crippen LogP contribution in [0.1, 0.15) is 16.7 Å². The first-order valence-corrected chi connectivity index (χ1v) is 10.1. The molecule has 0 N–H and O–H groups in total. The molecule has 0 spiro atoms. The van der Waals surface area contributed by atoms with Crippen molar-refractivity contribution in [1.29, 1.82) is 0 Å². The van der Waals surface area contributed by atoms with Gasteiger partial charge in [-0.2, -0.15) is 0 Å². The van der Waals surface area contributed by atoms with Crippen molar-refractivity contribution in [2.24, 2.45) is 0 Å². The smallest absolute Gasteiger partial charge is 0.233 e. The van der Waals surface area contributed by atoms with Gasteiger partial charge in [0.15, 0.2) is 5.16 Å². The zero-order chi connectivity index (χ0) is 20.1. The van der Waals surface area contributed by atoms with Gasteiger partial charge in [0.25, 0.3) is 0 Å². The summed E-state index contributed by atoms with van der Waals surface area (Å²) in [7, 11) is 3.47. The second-order valence-electron chi connectivity index (χ2n) is 6.69. The Hall–Kier alpha value is -2.73. The number of carbonyl (C=O) groups excluding carboxylic acids is 1. The Balaban J connectivity index is 1.63. The van der Waals surface area contributed by atoms with Crippen molar-refractivity contribution in [3.63, 3.8) is 0 Å². The summed E-state index contributed by atoms with van der Waals surface area (Å²) >= 11 is 1.46. The fourth-order valence-electron chi connectivity index (χ4n) is 2.91. The van der Waals surface area contributed by atoms with Gasteiger partial charge in [0.05, 0.1) is 18.6 Å². The van der Waals surface area contributed by atoms with E-state index in [0.717, 1.165) is 22.2 Å². The molecule has 2 aromatic carbocycles. The minimum atomic E-state index is 0.0660. The molecule has 1 aromatic heterocycles. The zero-order valence-electron chi connectivity index (χ0n) is 16.7. The van der Waals surface area contributed by atoms with E-state index in [9.17, 15) is 4.79 Å². The maximum absolute atomic E-state index is 12.6. The van der Waals surface area contributed by atoms with Gasteiger partial charge in [-0.15, -0.1) is 0 Å². The van der Waals surface area contributed by atoms with E-state index in [0.29, 0.717) is 12.3 Å². The monoisotopic (exact) mass is 395 g/mol. The van der Waals surface area contributed by atoms with Gasteiger partial charge in [-0.1, -0.05) is 36.0 Å². The fourth-order valence-corrected chi connectivity index (χ4v) is 3.81. The molecule has 0 aliphatic carbocycles. The highest BCUT2D eigenvalue weighted by atomic mass is 32.2. The Kier molecular flexibility index (Phi) is 6.41. The van der Waals surface area contributed by atoms with Crippen molar-refractivity contribution in [2.75, 3.05) is 19.9 Å². The number of benzene rings is 2. The van der Waals surface area contributed by atoms with Crippen LogP contribution in [0, 0.1) is 13.8 Å². The summed E-state index contributed by atoms with van der Waals surface area (Å²) in [6.07, 6.45) is 3.71. The number of methoxy groups -OCH3 is 1. The van der Waals surface area contributed by atoms with Crippen molar-refractivity contribution < 1.29 is 9.53 Å². The van der Waals surface area contributed by atoms with Crippen LogP contribution in [-0.2, 0) is 11.3 Å². The van der Waals surface area contributed by atoms with E-state index in [1.807, 2.05) is 48.1 Å². The van der Waals surface area contributed by atoms with E-state index >= 15 is 0 Å². The van der Waals surface area contributed by atoms with E-state index in [2.05, 4.69) is 31.0 Å². The van der Waals surface area contributed by atoms with Crippen LogP contribution in [0.4, 0.5) is 0 Å². The molecule has 0 atom stereocenters. The van der Waals surface area contributed by atoms with Crippen LogP contribution in [0.5, 0.6) is 5.75 Å². The molecule has 0 fully saturated rings. The Bertz CT molecular complexity index is 951. The fraction of sp³-hybridized carbons (Fsp3) is 0.273. The quantitative estimate of drug-likeness (QED) is 0.561. The number of thioether (sulfide) groups is 1. The molecule has 0 aliphatic rings. The third-order valence-corrected chi connectivity index (χ3v) is 5.72. The molecule has 3 aromatic rings. The lowest BCUT2D eigenvalue weighted by atomic mass is 10.1. The number of aromatic nitrogens is 2. The van der Waals surface area contributed by atoms with Gasteiger partial charge in [0, 0.05) is 26.0 Å². The molecule has 0 saturated heterocycles. The molecule has 146 valence electrons. The summed E-state index contributed by atoms with van der Waals surface area (Å²) in [5.41, 5.74) is 4.61. The second kappa shape index (κ2) is 8.97. The summed E-state index contributed by atoms with van der Waals surface area (Å²) in [4.78, 5) is 18.8. The summed E-state index contributed by atoms with van der Waals surface area (Å²) in [5, 5.41) is 0.819. The number of nitrogens with zero attached hydrogens (tertiary/aromatic N) is 3. The molecule has 0 radical (unpaired) electrons. The molecule has 0 unspecified atom stereocenters. The van der Waals surface area contributed by atoms with Crippen molar-refractivity contribution in [3.05, 3.63) is 71.5 Å². The average Bonchev–Trinajstić information content (AvgIpc) is 3.17. The summed E-state index contributed by atoms with van der Waals surface area (Å²) in [6.45, 7) is 4.77. The average molecular weight is 396 g/mol. The number of amides is 1. The molecule has 0 bridgehead atoms. The van der Waals surface area contributed by atoms with E-state index in [-0.39, 0.29) is 5.91 Å². The second-order valence-corrected chi connectivity index (χ2v) is 7.63. The number of ether oxygens (including phenoxy) is 1. The predicted octanol–water partition coefficient (Wildman–Crippen LogP) is 4.25. The van der Waals surface area contributed by atoms with Crippen molar-refractivity contribution in [2.45, 2.75) is 25.5 Å². The highest BCUT2D eigenvalue weighted by molar-refractivity contribution is 7.99. The van der Waals surface area contributed by atoms with Crippen LogP contribution >= 0.6 is 11.8 Å². The van der Waals surface area contributed by atoms with Gasteiger partial charge in [-0.25, -0.2) is 4.98 Å². The highest BCUT2D eigenvalue weighted by Crippen LogP contribution is 2.24. The Labute approximate surface area is 170 Å². The molecular weight excluding hydrogens is 370 g/mol. The molecule has 5 nitrogen and oxygen atoms in total. The van der Waals surface area contributed by atoms with Gasteiger partial charge in [0.2, 0.25) is 5.91 Å². The number of hydrogen-bond acceptors (Lipinski definition) is 4. The van der Waals surface area contributed by atoms with E-state index in [1.54, 1.807) is 18.2 Å². The van der Waals surface area contributed by atoms with Crippen molar-refractivity contribution in [1.82, 2.24) is 14.5 Å². The van der Waals surface area contributed by atoms with Crippen molar-refractivity contribution in [3.8, 4) is 11.4 Å². The third kappa shape index (κ3) is 4.57. The standard InChI is InChI=1S/C22H25N3O2S/c1-16-6-5-7-20(17(16)2)25-13-12-23-22(25)28-15-21(26)24(3)14-18-8-10-19(27-4)11-9-18/h5-13H,14-15H2,1-4H3. The summed E-state index contributed by atoms with van der Waals surface area (Å²) < 4.78 is 7.22. The van der Waals surface area contributed by atoms with Gasteiger partial charge < -0.3 is 9.64 Å². The molecule has 1 heterocycles. The molecule has 0 aliphatic heterocycles. The van der Waals surface area contributed by atoms with Crippen LogP contribution < -0.4 is 4.74 Å². The zero-order valence-corrected chi connectivity index (χ0v) is 17.5. The number of carbonyl (C=O) groups is 1. The maximum atomic E-state index is 12.6. The van der Waals surface area contributed by atoms with E-state index in [1.165, 1.54) is 22.9 Å². The molecule has 28 heavy (non-hydrogen) atoms. The normalized spacial score (nSPS) is 10.7. The van der Waals surface area contributed by atoms with Gasteiger partial charge >= 0.3 is 0 Å². The Morgan fingerprint density at radius 1 is 1.18 bits per heavy atom. The summed E-state index contributed by atoms with van der Waals surface area (Å²) in [6, 6.07) is 14.0. The van der Waals surface area contributed by atoms with E-state index < -0.39 is 0 Å². The first kappa shape index (κ1) is 20.0. The van der Waals surface area contributed by atoms with E-state index in [4.69, 9.17) is 4.74 Å². The maximum Gasteiger partial charge on any atom is 0.233 e. The number of imidazole rings is 1. The van der Waals surface area contributed by atoms with Crippen LogP contribution in [-0.4, -0.2) is 40.3 Å². The minimum Gasteiger partial charge on any atom is -0.497 e. The molecule has 0 saturated carbocycles. The lowest BCUT2D eigenvalue weighted by Gasteiger charge is -2.17. The van der Waals surface area contributed by atoms with Crippen molar-refractivity contribution >= 4 is 17.7 Å². The summed E-state index contributed by atoms with van der Waals surface area (Å²) in [5.74, 6) is 1.22. The molecule has 1 amide bonds. The van der Waals surface area contributed by atoms with Gasteiger partial charge in [-0.3, -0.25) is 9.36 Å². The van der Waals surface area contributed by atoms with Gasteiger partial charge in [0.1, 0.15) is 5.75 Å². The van der Waals surface area contributed by atoms with Crippen LogP contribution in [0.3, 0.4) is 0 Å². The SMILES string of the molecule is COc1ccc(CN(C)C(=O)CSc2nccn2-c2cccc(C)c2C)cc1. The van der Waals surface area contributed by atoms with Gasteiger partial charge in [-0.05, 0) is 48.7 Å².